The van der Waals surface area contributed by atoms with E-state index in [1.54, 1.807) is 23.1 Å². The van der Waals surface area contributed by atoms with Gasteiger partial charge in [0.25, 0.3) is 0 Å². The smallest absolute Gasteiger partial charge is 0.188 e. The fourth-order valence-corrected chi connectivity index (χ4v) is 6.49. The molecule has 5 rings (SSSR count). The molecule has 0 radical (unpaired) electrons. The molecule has 0 bridgehead atoms. The molecule has 1 saturated heterocycles. The summed E-state index contributed by atoms with van der Waals surface area (Å²) >= 11 is 3.34. The van der Waals surface area contributed by atoms with Gasteiger partial charge in [0, 0.05) is 29.2 Å². The minimum absolute atomic E-state index is 0.198. The lowest BCUT2D eigenvalue weighted by atomic mass is 9.91. The maximum Gasteiger partial charge on any atom is 0.188 e. The third-order valence-electron chi connectivity index (χ3n) is 6.36. The second-order valence-corrected chi connectivity index (χ2v) is 11.1. The van der Waals surface area contributed by atoms with Crippen LogP contribution in [-0.2, 0) is 0 Å². The van der Waals surface area contributed by atoms with Crippen LogP contribution in [0.4, 0.5) is 10.9 Å². The van der Waals surface area contributed by atoms with Crippen LogP contribution in [-0.4, -0.2) is 51.2 Å². The summed E-state index contributed by atoms with van der Waals surface area (Å²) in [5.74, 6) is 2.52. The van der Waals surface area contributed by atoms with E-state index in [-0.39, 0.29) is 11.9 Å². The molecule has 1 aliphatic heterocycles. The number of likely N-dealkylation sites (tertiary alicyclic amines) is 1. The Morgan fingerprint density at radius 3 is 2.65 bits per heavy atom. The first kappa shape index (κ1) is 25.7. The fraction of sp³-hybridized carbons (Fsp3) is 0.321. The molecule has 7 nitrogen and oxygen atoms in total. The monoisotopic (exact) mass is 533 g/mol. The molecular weight excluding hydrogens is 502 g/mol. The van der Waals surface area contributed by atoms with Crippen LogP contribution in [0, 0.1) is 12.8 Å². The Morgan fingerprint density at radius 2 is 1.95 bits per heavy atom. The molecule has 0 amide bonds. The first-order valence-electron chi connectivity index (χ1n) is 12.5. The molecule has 4 aromatic rings. The number of pyridine rings is 2. The average molecular weight is 534 g/mol. The summed E-state index contributed by atoms with van der Waals surface area (Å²) in [5.41, 5.74) is 2.05. The van der Waals surface area contributed by atoms with E-state index in [1.807, 2.05) is 61.1 Å². The van der Waals surface area contributed by atoms with E-state index in [1.165, 1.54) is 0 Å². The summed E-state index contributed by atoms with van der Waals surface area (Å²) in [6.45, 7) is 4.91. The summed E-state index contributed by atoms with van der Waals surface area (Å²) in [4.78, 5) is 17.4. The van der Waals surface area contributed by atoms with Crippen LogP contribution in [0.15, 0.2) is 77.3 Å². The van der Waals surface area contributed by atoms with Gasteiger partial charge in [0.2, 0.25) is 0 Å². The Labute approximate surface area is 226 Å². The molecule has 1 unspecified atom stereocenters. The average Bonchev–Trinajstić information content (AvgIpc) is 3.35. The van der Waals surface area contributed by atoms with Crippen molar-refractivity contribution < 1.29 is 9.84 Å². The van der Waals surface area contributed by atoms with E-state index in [0.29, 0.717) is 17.5 Å². The highest BCUT2D eigenvalue weighted by Crippen LogP contribution is 2.45. The zero-order chi connectivity index (χ0) is 25.5. The minimum atomic E-state index is 0.198. The highest BCUT2D eigenvalue weighted by Gasteiger charge is 2.29. The zero-order valence-electron chi connectivity index (χ0n) is 20.8. The van der Waals surface area contributed by atoms with Crippen molar-refractivity contribution >= 4 is 34.0 Å². The number of nitrogens with one attached hydrogen (secondary N) is 1. The van der Waals surface area contributed by atoms with Crippen LogP contribution in [0.2, 0.25) is 0 Å². The number of thioether (sulfide) groups is 1. The number of aliphatic hydroxyl groups is 1. The highest BCUT2D eigenvalue weighted by atomic mass is 32.2. The van der Waals surface area contributed by atoms with Gasteiger partial charge in [-0.3, -0.25) is 4.98 Å². The highest BCUT2D eigenvalue weighted by molar-refractivity contribution is 7.99. The molecule has 2 N–H and O–H groups in total. The van der Waals surface area contributed by atoms with Gasteiger partial charge in [-0.25, -0.2) is 9.97 Å². The molecule has 37 heavy (non-hydrogen) atoms. The van der Waals surface area contributed by atoms with Gasteiger partial charge >= 0.3 is 0 Å². The molecule has 3 aromatic heterocycles. The number of hydrogen-bond acceptors (Lipinski definition) is 9. The van der Waals surface area contributed by atoms with Crippen molar-refractivity contribution in [2.75, 3.05) is 31.6 Å². The van der Waals surface area contributed by atoms with E-state index < -0.39 is 0 Å². The van der Waals surface area contributed by atoms with Gasteiger partial charge in [0.05, 0.1) is 23.2 Å². The van der Waals surface area contributed by atoms with E-state index in [0.717, 1.165) is 59.6 Å². The lowest BCUT2D eigenvalue weighted by Crippen LogP contribution is -2.37. The Kier molecular flexibility index (Phi) is 8.68. The van der Waals surface area contributed by atoms with Crippen molar-refractivity contribution in [2.45, 2.75) is 29.9 Å². The molecule has 0 spiro atoms. The van der Waals surface area contributed by atoms with E-state index >= 15 is 0 Å². The quantitative estimate of drug-likeness (QED) is 0.229. The van der Waals surface area contributed by atoms with Gasteiger partial charge in [-0.1, -0.05) is 24.3 Å². The molecule has 1 aromatic carbocycles. The standard InChI is InChI=1S/C28H31N5O2S2/c1-20-19-36-28(31-20)32-27-25(35-22-7-3-2-4-8-22)17-23(18-30-27)37-26(24-9-5-6-12-29-24)21-10-13-33(14-11-21)15-16-34/h2-9,12,17-19,21,26,34H,10-11,13-16H2,1H3,(H,30,31,32). The van der Waals surface area contributed by atoms with Crippen molar-refractivity contribution in [2.24, 2.45) is 5.92 Å². The van der Waals surface area contributed by atoms with Crippen molar-refractivity contribution in [1.29, 1.82) is 0 Å². The lowest BCUT2D eigenvalue weighted by Gasteiger charge is -2.35. The predicted octanol–water partition coefficient (Wildman–Crippen LogP) is 6.32. The molecule has 0 aliphatic carbocycles. The van der Waals surface area contributed by atoms with E-state index in [9.17, 15) is 5.11 Å². The summed E-state index contributed by atoms with van der Waals surface area (Å²) in [5, 5.41) is 15.6. The number of benzene rings is 1. The number of piperidine rings is 1. The number of aryl methyl sites for hydroxylation is 1. The third kappa shape index (κ3) is 6.87. The number of nitrogens with zero attached hydrogens (tertiary/aromatic N) is 4. The number of aromatic nitrogens is 3. The predicted molar refractivity (Wildman–Crippen MR) is 150 cm³/mol. The number of hydrogen-bond donors (Lipinski definition) is 2. The van der Waals surface area contributed by atoms with Crippen molar-refractivity contribution in [3.8, 4) is 11.5 Å². The normalized spacial score (nSPS) is 15.4. The Balaban J connectivity index is 1.41. The topological polar surface area (TPSA) is 83.4 Å². The number of β-amino-alcohol motifs (C(OH)–C–C–N with tert-alkyl or cyclic N) is 1. The number of anilines is 2. The summed E-state index contributed by atoms with van der Waals surface area (Å²) < 4.78 is 6.30. The third-order valence-corrected chi connectivity index (χ3v) is 8.61. The van der Waals surface area contributed by atoms with Gasteiger partial charge in [-0.15, -0.1) is 23.1 Å². The number of rotatable bonds is 10. The van der Waals surface area contributed by atoms with Crippen molar-refractivity contribution in [3.63, 3.8) is 0 Å². The maximum absolute atomic E-state index is 9.33. The Hall–Kier alpha value is -2.98. The van der Waals surface area contributed by atoms with Crippen molar-refractivity contribution in [1.82, 2.24) is 19.9 Å². The van der Waals surface area contributed by atoms with Crippen molar-refractivity contribution in [3.05, 3.63) is 83.8 Å². The molecule has 1 atom stereocenters. The van der Waals surface area contributed by atoms with E-state index in [2.05, 4.69) is 33.4 Å². The minimum Gasteiger partial charge on any atom is -0.453 e. The van der Waals surface area contributed by atoms with Gasteiger partial charge in [0.1, 0.15) is 5.75 Å². The Bertz CT molecular complexity index is 1260. The van der Waals surface area contributed by atoms with Crippen LogP contribution in [0.1, 0.15) is 29.5 Å². The summed E-state index contributed by atoms with van der Waals surface area (Å²) in [6.07, 6.45) is 5.91. The van der Waals surface area contributed by atoms with Crippen LogP contribution < -0.4 is 10.1 Å². The zero-order valence-corrected chi connectivity index (χ0v) is 22.4. The molecule has 1 aliphatic rings. The largest absolute Gasteiger partial charge is 0.453 e. The van der Waals surface area contributed by atoms with Gasteiger partial charge in [-0.05, 0) is 69.1 Å². The SMILES string of the molecule is Cc1csc(Nc2ncc(SC(c3ccccn3)C3CCN(CCO)CC3)cc2Oc2ccccc2)n1. The summed E-state index contributed by atoms with van der Waals surface area (Å²) in [7, 11) is 0. The Morgan fingerprint density at radius 1 is 1.14 bits per heavy atom. The summed E-state index contributed by atoms with van der Waals surface area (Å²) in [6, 6.07) is 18.0. The molecule has 192 valence electrons. The maximum atomic E-state index is 9.33. The lowest BCUT2D eigenvalue weighted by molar-refractivity contribution is 0.146. The van der Waals surface area contributed by atoms with E-state index in [4.69, 9.17) is 14.7 Å². The number of thiazole rings is 1. The molecule has 9 heteroatoms. The number of aliphatic hydroxyl groups excluding tert-OH is 1. The van der Waals surface area contributed by atoms with Gasteiger partial charge in [0.15, 0.2) is 16.7 Å². The first-order valence-corrected chi connectivity index (χ1v) is 14.3. The molecular formula is C28H31N5O2S2. The molecule has 4 heterocycles. The van der Waals surface area contributed by atoms with Gasteiger partial charge in [-0.2, -0.15) is 0 Å². The van der Waals surface area contributed by atoms with Crippen LogP contribution >= 0.6 is 23.1 Å². The second kappa shape index (κ2) is 12.5. The second-order valence-electron chi connectivity index (χ2n) is 9.05. The van der Waals surface area contributed by atoms with Crippen LogP contribution in [0.25, 0.3) is 0 Å². The number of ether oxygens (including phenoxy) is 1. The van der Waals surface area contributed by atoms with Crippen LogP contribution in [0.3, 0.4) is 0 Å². The van der Waals surface area contributed by atoms with Gasteiger partial charge < -0.3 is 20.1 Å². The molecule has 0 saturated carbocycles. The first-order chi connectivity index (χ1) is 18.2. The number of para-hydroxylation sites is 1. The van der Waals surface area contributed by atoms with Crippen LogP contribution in [0.5, 0.6) is 11.5 Å². The fourth-order valence-electron chi connectivity index (χ4n) is 4.50. The molecule has 1 fully saturated rings.